The molecule has 0 aliphatic heterocycles. The van der Waals surface area contributed by atoms with Gasteiger partial charge in [0, 0.05) is 15.8 Å². The fourth-order valence-corrected chi connectivity index (χ4v) is 2.31. The lowest BCUT2D eigenvalue weighted by atomic mass is 10.1. The Hall–Kier alpha value is -1.31. The molecule has 6 heteroatoms. The number of hydrogen-bond donors (Lipinski definition) is 1. The molecule has 2 aromatic carbocycles. The van der Waals surface area contributed by atoms with Crippen molar-refractivity contribution in [2.24, 2.45) is 0 Å². The lowest BCUT2D eigenvalue weighted by Crippen LogP contribution is -2.06. The molecule has 0 amide bonds. The molecule has 0 bridgehead atoms. The van der Waals surface area contributed by atoms with Crippen molar-refractivity contribution in [1.29, 1.82) is 0 Å². The predicted octanol–water partition coefficient (Wildman–Crippen LogP) is 5.06. The molecule has 2 rings (SSSR count). The van der Waals surface area contributed by atoms with Crippen LogP contribution < -0.4 is 5.32 Å². The van der Waals surface area contributed by atoms with Gasteiger partial charge in [0.2, 0.25) is 0 Å². The molecule has 0 spiro atoms. The van der Waals surface area contributed by atoms with E-state index in [1.165, 1.54) is 24.3 Å². The second-order valence-corrected chi connectivity index (χ2v) is 5.33. The van der Waals surface area contributed by atoms with Gasteiger partial charge >= 0.3 is 6.18 Å². The number of alkyl halides is 3. The van der Waals surface area contributed by atoms with E-state index in [2.05, 4.69) is 5.32 Å². The highest BCUT2D eigenvalue weighted by Crippen LogP contribution is 2.29. The number of rotatable bonds is 3. The molecule has 1 nitrogen and oxygen atoms in total. The van der Waals surface area contributed by atoms with Gasteiger partial charge < -0.3 is 5.32 Å². The maximum atomic E-state index is 12.9. The molecule has 0 heterocycles. The van der Waals surface area contributed by atoms with Gasteiger partial charge in [-0.05, 0) is 58.5 Å². The largest absolute Gasteiger partial charge is 0.416 e. The minimum atomic E-state index is -4.32. The normalized spacial score (nSPS) is 11.4. The first kappa shape index (κ1) is 15.1. The Morgan fingerprint density at radius 2 is 1.65 bits per heavy atom. The van der Waals surface area contributed by atoms with Crippen molar-refractivity contribution in [1.82, 2.24) is 0 Å². The lowest BCUT2D eigenvalue weighted by molar-refractivity contribution is -0.137. The van der Waals surface area contributed by atoms with Crippen molar-refractivity contribution in [3.63, 3.8) is 0 Å². The van der Waals surface area contributed by atoms with Crippen LogP contribution in [0.25, 0.3) is 0 Å². The van der Waals surface area contributed by atoms with Crippen molar-refractivity contribution in [3.8, 4) is 0 Å². The van der Waals surface area contributed by atoms with E-state index in [1.54, 1.807) is 6.07 Å². The lowest BCUT2D eigenvalue weighted by Gasteiger charge is -2.10. The van der Waals surface area contributed by atoms with Crippen molar-refractivity contribution < 1.29 is 17.6 Å². The number of benzene rings is 2. The predicted molar refractivity (Wildman–Crippen MR) is 77.9 cm³/mol. The maximum Gasteiger partial charge on any atom is 0.416 e. The summed E-state index contributed by atoms with van der Waals surface area (Å²) in [4.78, 5) is 0. The molecule has 1 N–H and O–H groups in total. The van der Waals surface area contributed by atoms with Gasteiger partial charge in [-0.2, -0.15) is 13.2 Å². The summed E-state index contributed by atoms with van der Waals surface area (Å²) in [6, 6.07) is 9.26. The van der Waals surface area contributed by atoms with Gasteiger partial charge in [0.15, 0.2) is 0 Å². The van der Waals surface area contributed by atoms with E-state index in [-0.39, 0.29) is 5.82 Å². The number of nitrogens with one attached hydrogen (secondary N) is 1. The van der Waals surface area contributed by atoms with E-state index in [0.29, 0.717) is 6.54 Å². The third-order valence-corrected chi connectivity index (χ3v) is 3.59. The van der Waals surface area contributed by atoms with Crippen LogP contribution in [0, 0.1) is 9.39 Å². The van der Waals surface area contributed by atoms with E-state index in [1.807, 2.05) is 22.6 Å². The Kier molecular flexibility index (Phi) is 4.52. The third-order valence-electron chi connectivity index (χ3n) is 2.70. The number of hydrogen-bond acceptors (Lipinski definition) is 1. The summed E-state index contributed by atoms with van der Waals surface area (Å²) in [5.74, 6) is -0.325. The molecule has 20 heavy (non-hydrogen) atoms. The fourth-order valence-electron chi connectivity index (χ4n) is 1.64. The van der Waals surface area contributed by atoms with Crippen molar-refractivity contribution in [2.45, 2.75) is 12.7 Å². The highest BCUT2D eigenvalue weighted by atomic mass is 127. The minimum absolute atomic E-state index is 0.325. The Balaban J connectivity index is 2.04. The molecular weight excluding hydrogens is 385 g/mol. The molecule has 2 aromatic rings. The Morgan fingerprint density at radius 3 is 2.20 bits per heavy atom. The Morgan fingerprint density at radius 1 is 1.00 bits per heavy atom. The molecule has 0 aliphatic rings. The third kappa shape index (κ3) is 3.84. The molecular formula is C14H10F4IN. The van der Waals surface area contributed by atoms with Crippen molar-refractivity contribution in [2.75, 3.05) is 5.32 Å². The van der Waals surface area contributed by atoms with Crippen LogP contribution in [0.2, 0.25) is 0 Å². The number of anilines is 1. The summed E-state index contributed by atoms with van der Waals surface area (Å²) in [5.41, 5.74) is 0.794. The van der Waals surface area contributed by atoms with Crippen molar-refractivity contribution in [3.05, 3.63) is 63.0 Å². The van der Waals surface area contributed by atoms with E-state index < -0.39 is 11.7 Å². The van der Waals surface area contributed by atoms with Crippen LogP contribution in [0.3, 0.4) is 0 Å². The van der Waals surface area contributed by atoms with Crippen LogP contribution in [-0.2, 0) is 12.7 Å². The first-order valence-corrected chi connectivity index (χ1v) is 6.79. The highest BCUT2D eigenvalue weighted by Gasteiger charge is 2.29. The average Bonchev–Trinajstić information content (AvgIpc) is 2.37. The van der Waals surface area contributed by atoms with Crippen molar-refractivity contribution >= 4 is 28.3 Å². The summed E-state index contributed by atoms with van der Waals surface area (Å²) in [6.45, 7) is 0.375. The molecule has 0 unspecified atom stereocenters. The minimum Gasteiger partial charge on any atom is -0.380 e. The molecule has 0 saturated heterocycles. The highest BCUT2D eigenvalue weighted by molar-refractivity contribution is 14.1. The average molecular weight is 395 g/mol. The van der Waals surface area contributed by atoms with Gasteiger partial charge in [-0.15, -0.1) is 0 Å². The van der Waals surface area contributed by atoms with Crippen LogP contribution in [-0.4, -0.2) is 0 Å². The smallest absolute Gasteiger partial charge is 0.380 e. The molecule has 0 saturated carbocycles. The maximum absolute atomic E-state index is 12.9. The summed E-state index contributed by atoms with van der Waals surface area (Å²) < 4.78 is 50.9. The van der Waals surface area contributed by atoms with E-state index in [4.69, 9.17) is 0 Å². The molecule has 0 atom stereocenters. The summed E-state index contributed by atoms with van der Waals surface area (Å²) in [6.07, 6.45) is -4.32. The van der Waals surface area contributed by atoms with E-state index in [9.17, 15) is 17.6 Å². The molecule has 0 aromatic heterocycles. The van der Waals surface area contributed by atoms with Crippen LogP contribution in [0.4, 0.5) is 23.2 Å². The fraction of sp³-hybridized carbons (Fsp3) is 0.143. The van der Waals surface area contributed by atoms with Crippen LogP contribution in [0.15, 0.2) is 42.5 Å². The number of halogens is 5. The zero-order valence-electron chi connectivity index (χ0n) is 10.1. The van der Waals surface area contributed by atoms with Gasteiger partial charge in [-0.25, -0.2) is 4.39 Å². The van der Waals surface area contributed by atoms with Gasteiger partial charge in [-0.3, -0.25) is 0 Å². The van der Waals surface area contributed by atoms with E-state index >= 15 is 0 Å². The first-order valence-electron chi connectivity index (χ1n) is 5.71. The zero-order valence-corrected chi connectivity index (χ0v) is 12.3. The monoisotopic (exact) mass is 395 g/mol. The molecule has 0 fully saturated rings. The van der Waals surface area contributed by atoms with Crippen LogP contribution in [0.1, 0.15) is 11.1 Å². The second kappa shape index (κ2) is 5.99. The zero-order chi connectivity index (χ0) is 14.8. The molecule has 0 aliphatic carbocycles. The summed E-state index contributed by atoms with van der Waals surface area (Å²) in [7, 11) is 0. The molecule has 0 radical (unpaired) electrons. The van der Waals surface area contributed by atoms with Gasteiger partial charge in [0.05, 0.1) is 5.56 Å². The van der Waals surface area contributed by atoms with Crippen LogP contribution in [0.5, 0.6) is 0 Å². The summed E-state index contributed by atoms with van der Waals surface area (Å²) >= 11 is 1.99. The molecule has 106 valence electrons. The Bertz CT molecular complexity index is 593. The SMILES string of the molecule is Fc1ccc(NCc2ccc(C(F)(F)F)cc2)c(I)c1. The topological polar surface area (TPSA) is 12.0 Å². The van der Waals surface area contributed by atoms with Gasteiger partial charge in [-0.1, -0.05) is 12.1 Å². The van der Waals surface area contributed by atoms with Gasteiger partial charge in [0.1, 0.15) is 5.82 Å². The first-order chi connectivity index (χ1) is 9.36. The second-order valence-electron chi connectivity index (χ2n) is 4.17. The van der Waals surface area contributed by atoms with Crippen LogP contribution >= 0.6 is 22.6 Å². The van der Waals surface area contributed by atoms with Gasteiger partial charge in [0.25, 0.3) is 0 Å². The quantitative estimate of drug-likeness (QED) is 0.566. The van der Waals surface area contributed by atoms with E-state index in [0.717, 1.165) is 27.0 Å². The summed E-state index contributed by atoms with van der Waals surface area (Å²) in [5, 5.41) is 3.06. The standard InChI is InChI=1S/C14H10F4IN/c15-11-5-6-13(12(19)7-11)20-8-9-1-3-10(4-2-9)14(16,17)18/h1-7,20H,8H2. The Labute approximate surface area is 127 Å².